The van der Waals surface area contributed by atoms with E-state index >= 15 is 0 Å². The molecular formula is C23H20N4OS3. The van der Waals surface area contributed by atoms with Gasteiger partial charge in [0.1, 0.15) is 0 Å². The number of benzene rings is 2. The van der Waals surface area contributed by atoms with Crippen molar-refractivity contribution >= 4 is 46.5 Å². The lowest BCUT2D eigenvalue weighted by atomic mass is 10.2. The van der Waals surface area contributed by atoms with E-state index in [4.69, 9.17) is 0 Å². The second-order valence-corrected chi connectivity index (χ2v) is 10.0. The highest BCUT2D eigenvalue weighted by atomic mass is 32.2. The van der Waals surface area contributed by atoms with Gasteiger partial charge in [0.25, 0.3) is 0 Å². The first kappa shape index (κ1) is 20.4. The molecule has 1 amide bonds. The van der Waals surface area contributed by atoms with E-state index in [9.17, 15) is 4.79 Å². The van der Waals surface area contributed by atoms with Gasteiger partial charge < -0.3 is 4.90 Å². The second kappa shape index (κ2) is 9.30. The highest BCUT2D eigenvalue weighted by Gasteiger charge is 2.24. The van der Waals surface area contributed by atoms with E-state index in [-0.39, 0.29) is 5.91 Å². The lowest BCUT2D eigenvalue weighted by molar-refractivity contribution is -0.116. The highest BCUT2D eigenvalue weighted by Crippen LogP contribution is 2.35. The number of aromatic nitrogens is 3. The number of thiophene rings is 1. The Balaban J connectivity index is 1.38. The Morgan fingerprint density at radius 2 is 1.84 bits per heavy atom. The first-order chi connectivity index (χ1) is 15.3. The van der Waals surface area contributed by atoms with Gasteiger partial charge in [-0.25, -0.2) is 0 Å². The van der Waals surface area contributed by atoms with Crippen molar-refractivity contribution in [3.05, 3.63) is 77.7 Å². The Morgan fingerprint density at radius 3 is 2.68 bits per heavy atom. The zero-order valence-corrected chi connectivity index (χ0v) is 19.1. The number of carbonyl (C=O) groups excluding carboxylic acids is 1. The molecular weight excluding hydrogens is 444 g/mol. The van der Waals surface area contributed by atoms with Crippen LogP contribution in [0.2, 0.25) is 0 Å². The molecule has 5 rings (SSSR count). The minimum atomic E-state index is 0.102. The summed E-state index contributed by atoms with van der Waals surface area (Å²) in [7, 11) is 0. The summed E-state index contributed by atoms with van der Waals surface area (Å²) in [6, 6.07) is 22.5. The topological polar surface area (TPSA) is 51.0 Å². The van der Waals surface area contributed by atoms with Crippen LogP contribution in [0.1, 0.15) is 5.56 Å². The molecule has 0 radical (unpaired) electrons. The van der Waals surface area contributed by atoms with Crippen LogP contribution in [0.5, 0.6) is 0 Å². The molecule has 4 aromatic rings. The summed E-state index contributed by atoms with van der Waals surface area (Å²) in [5.41, 5.74) is 2.18. The van der Waals surface area contributed by atoms with Gasteiger partial charge in [-0.15, -0.1) is 33.3 Å². The Bertz CT molecular complexity index is 1170. The van der Waals surface area contributed by atoms with Crippen molar-refractivity contribution in [3.8, 4) is 10.7 Å². The number of fused-ring (bicyclic) bond motifs is 1. The third-order valence-electron chi connectivity index (χ3n) is 5.00. The lowest BCUT2D eigenvalue weighted by Crippen LogP contribution is -2.36. The maximum atomic E-state index is 13.1. The van der Waals surface area contributed by atoms with E-state index in [1.807, 2.05) is 52.7 Å². The average molecular weight is 465 g/mol. The number of hydrogen-bond acceptors (Lipinski definition) is 6. The fourth-order valence-electron chi connectivity index (χ4n) is 3.52. The molecule has 8 heteroatoms. The van der Waals surface area contributed by atoms with Crippen LogP contribution in [0.3, 0.4) is 0 Å². The quantitative estimate of drug-likeness (QED) is 0.363. The standard InChI is InChI=1S/C23H20N4OS3/c28-21(26-12-14-30-19-10-5-4-9-18(19)26)16-31-23-25-24-22(20-11-6-13-29-20)27(23)15-17-7-2-1-3-8-17/h1-11,13H,12,14-16H2. The van der Waals surface area contributed by atoms with Crippen molar-refractivity contribution in [2.75, 3.05) is 23.0 Å². The molecule has 0 unspecified atom stereocenters. The summed E-state index contributed by atoms with van der Waals surface area (Å²) in [6.45, 7) is 1.40. The van der Waals surface area contributed by atoms with Crippen molar-refractivity contribution in [1.82, 2.24) is 14.8 Å². The van der Waals surface area contributed by atoms with Gasteiger partial charge in [0, 0.05) is 17.2 Å². The van der Waals surface area contributed by atoms with Gasteiger partial charge in [0.15, 0.2) is 11.0 Å². The predicted octanol–water partition coefficient (Wildman–Crippen LogP) is 5.29. The van der Waals surface area contributed by atoms with Crippen LogP contribution in [0.15, 0.2) is 82.2 Å². The van der Waals surface area contributed by atoms with Gasteiger partial charge in [-0.05, 0) is 29.1 Å². The van der Waals surface area contributed by atoms with E-state index in [0.717, 1.165) is 33.8 Å². The largest absolute Gasteiger partial charge is 0.310 e. The first-order valence-electron chi connectivity index (χ1n) is 9.95. The van der Waals surface area contributed by atoms with Crippen molar-refractivity contribution < 1.29 is 4.79 Å². The molecule has 5 nitrogen and oxygen atoms in total. The molecule has 156 valence electrons. The summed E-state index contributed by atoms with van der Waals surface area (Å²) in [5, 5.41) is 11.7. The van der Waals surface area contributed by atoms with E-state index < -0.39 is 0 Å². The molecule has 0 N–H and O–H groups in total. The normalized spacial score (nSPS) is 13.2. The molecule has 2 aromatic carbocycles. The van der Waals surface area contributed by atoms with Crippen LogP contribution in [0.4, 0.5) is 5.69 Å². The summed E-state index contributed by atoms with van der Waals surface area (Å²) in [6.07, 6.45) is 0. The molecule has 0 fully saturated rings. The molecule has 2 aromatic heterocycles. The number of anilines is 1. The average Bonchev–Trinajstić information content (AvgIpc) is 3.48. The van der Waals surface area contributed by atoms with E-state index in [1.54, 1.807) is 23.1 Å². The monoisotopic (exact) mass is 464 g/mol. The summed E-state index contributed by atoms with van der Waals surface area (Å²) >= 11 is 4.90. The molecule has 0 spiro atoms. The van der Waals surface area contributed by atoms with Gasteiger partial charge in [0.05, 0.1) is 22.9 Å². The molecule has 1 aliphatic rings. The number of rotatable bonds is 6. The smallest absolute Gasteiger partial charge is 0.237 e. The molecule has 31 heavy (non-hydrogen) atoms. The number of amides is 1. The molecule has 0 saturated heterocycles. The summed E-state index contributed by atoms with van der Waals surface area (Å²) in [5.74, 6) is 2.19. The van der Waals surface area contributed by atoms with E-state index in [2.05, 4.69) is 39.0 Å². The lowest BCUT2D eigenvalue weighted by Gasteiger charge is -2.28. The predicted molar refractivity (Wildman–Crippen MR) is 129 cm³/mol. The second-order valence-electron chi connectivity index (χ2n) is 7.01. The SMILES string of the molecule is O=C(CSc1nnc(-c2cccs2)n1Cc1ccccc1)N1CCSc2ccccc21. The molecule has 0 bridgehead atoms. The summed E-state index contributed by atoms with van der Waals surface area (Å²) < 4.78 is 2.11. The van der Waals surface area contributed by atoms with Crippen molar-refractivity contribution in [2.24, 2.45) is 0 Å². The van der Waals surface area contributed by atoms with Crippen LogP contribution in [0.25, 0.3) is 10.7 Å². The maximum absolute atomic E-state index is 13.1. The third-order valence-corrected chi connectivity index (χ3v) is 7.86. The molecule has 0 atom stereocenters. The van der Waals surface area contributed by atoms with Crippen molar-refractivity contribution in [2.45, 2.75) is 16.6 Å². The maximum Gasteiger partial charge on any atom is 0.237 e. The molecule has 0 saturated carbocycles. The fourth-order valence-corrected chi connectivity index (χ4v) is 6.05. The van der Waals surface area contributed by atoms with Crippen molar-refractivity contribution in [1.29, 1.82) is 0 Å². The van der Waals surface area contributed by atoms with Crippen LogP contribution in [-0.2, 0) is 11.3 Å². The summed E-state index contributed by atoms with van der Waals surface area (Å²) in [4.78, 5) is 17.2. The molecule has 3 heterocycles. The van der Waals surface area contributed by atoms with Gasteiger partial charge >= 0.3 is 0 Å². The van der Waals surface area contributed by atoms with Crippen LogP contribution < -0.4 is 4.90 Å². The van der Waals surface area contributed by atoms with Crippen molar-refractivity contribution in [3.63, 3.8) is 0 Å². The zero-order valence-electron chi connectivity index (χ0n) is 16.7. The van der Waals surface area contributed by atoms with Crippen LogP contribution in [0, 0.1) is 0 Å². The highest BCUT2D eigenvalue weighted by molar-refractivity contribution is 8.00. The molecule has 1 aliphatic heterocycles. The van der Waals surface area contributed by atoms with Crippen LogP contribution in [-0.4, -0.2) is 38.7 Å². The third kappa shape index (κ3) is 4.42. The van der Waals surface area contributed by atoms with Gasteiger partial charge in [0.2, 0.25) is 5.91 Å². The number of nitrogens with zero attached hydrogens (tertiary/aromatic N) is 4. The zero-order chi connectivity index (χ0) is 21.0. The van der Waals surface area contributed by atoms with Crippen LogP contribution >= 0.6 is 34.9 Å². The van der Waals surface area contributed by atoms with Gasteiger partial charge in [-0.2, -0.15) is 0 Å². The number of para-hydroxylation sites is 1. The minimum Gasteiger partial charge on any atom is -0.310 e. The minimum absolute atomic E-state index is 0.102. The number of carbonyl (C=O) groups is 1. The van der Waals surface area contributed by atoms with E-state index in [0.29, 0.717) is 12.3 Å². The Hall–Kier alpha value is -2.55. The number of thioether (sulfide) groups is 2. The van der Waals surface area contributed by atoms with Gasteiger partial charge in [-0.1, -0.05) is 60.3 Å². The van der Waals surface area contributed by atoms with Gasteiger partial charge in [-0.3, -0.25) is 9.36 Å². The molecule has 0 aliphatic carbocycles. The number of hydrogen-bond donors (Lipinski definition) is 0. The Morgan fingerprint density at radius 1 is 1.00 bits per heavy atom. The Labute approximate surface area is 193 Å². The fraction of sp³-hybridized carbons (Fsp3) is 0.174. The van der Waals surface area contributed by atoms with E-state index in [1.165, 1.54) is 22.2 Å². The first-order valence-corrected chi connectivity index (χ1v) is 12.8. The Kier molecular flexibility index (Phi) is 6.11.